The van der Waals surface area contributed by atoms with E-state index in [0.29, 0.717) is 16.5 Å². The van der Waals surface area contributed by atoms with Gasteiger partial charge in [-0.3, -0.25) is 10.1 Å². The standard InChI is InChI=1S/C14H11FN4O3S/c1-21-6-10-17-14(23-19-10)18-13(20)11-12(22-7-16-11)8-2-4-9(15)5-3-8/h2-5,7H,6H2,1H3,(H,17,18,19,20). The third kappa shape index (κ3) is 3.41. The summed E-state index contributed by atoms with van der Waals surface area (Å²) >= 11 is 1.04. The Hall–Kier alpha value is -2.65. The van der Waals surface area contributed by atoms with Crippen molar-refractivity contribution in [3.05, 3.63) is 48.0 Å². The van der Waals surface area contributed by atoms with Crippen LogP contribution in [-0.4, -0.2) is 27.4 Å². The number of nitrogens with one attached hydrogen (secondary N) is 1. The van der Waals surface area contributed by atoms with Gasteiger partial charge in [0.05, 0.1) is 0 Å². The molecule has 0 spiro atoms. The lowest BCUT2D eigenvalue weighted by Crippen LogP contribution is -2.13. The molecule has 1 N–H and O–H groups in total. The lowest BCUT2D eigenvalue weighted by Gasteiger charge is -2.01. The van der Waals surface area contributed by atoms with Crippen LogP contribution in [0.15, 0.2) is 35.1 Å². The van der Waals surface area contributed by atoms with E-state index in [2.05, 4.69) is 19.7 Å². The topological polar surface area (TPSA) is 90.1 Å². The van der Waals surface area contributed by atoms with E-state index in [4.69, 9.17) is 9.15 Å². The summed E-state index contributed by atoms with van der Waals surface area (Å²) in [6.45, 7) is 0.261. The fourth-order valence-electron chi connectivity index (χ4n) is 1.86. The second-order valence-corrected chi connectivity index (χ2v) is 5.19. The van der Waals surface area contributed by atoms with E-state index in [1.807, 2.05) is 0 Å². The fourth-order valence-corrected chi connectivity index (χ4v) is 2.43. The molecule has 0 aliphatic heterocycles. The first-order chi connectivity index (χ1) is 11.2. The van der Waals surface area contributed by atoms with Crippen LogP contribution >= 0.6 is 11.5 Å². The summed E-state index contributed by atoms with van der Waals surface area (Å²) in [7, 11) is 1.53. The number of hydrogen-bond donors (Lipinski definition) is 1. The van der Waals surface area contributed by atoms with E-state index in [1.54, 1.807) is 0 Å². The van der Waals surface area contributed by atoms with Crippen molar-refractivity contribution in [1.82, 2.24) is 14.3 Å². The van der Waals surface area contributed by atoms with Gasteiger partial charge in [0.2, 0.25) is 5.13 Å². The molecular weight excluding hydrogens is 323 g/mol. The van der Waals surface area contributed by atoms with Gasteiger partial charge in [-0.15, -0.1) is 0 Å². The summed E-state index contributed by atoms with van der Waals surface area (Å²) in [5.74, 6) is -0.132. The van der Waals surface area contributed by atoms with Crippen molar-refractivity contribution >= 4 is 22.6 Å². The Bertz CT molecular complexity index is 816. The first-order valence-electron chi connectivity index (χ1n) is 6.49. The first kappa shape index (κ1) is 15.3. The van der Waals surface area contributed by atoms with E-state index in [-0.39, 0.29) is 23.9 Å². The average Bonchev–Trinajstić information content (AvgIpc) is 3.18. The first-order valence-corrected chi connectivity index (χ1v) is 7.27. The van der Waals surface area contributed by atoms with E-state index in [0.717, 1.165) is 17.9 Å². The Labute approximate surface area is 134 Å². The minimum absolute atomic E-state index is 0.0834. The predicted octanol–water partition coefficient (Wildman–Crippen LogP) is 2.73. The number of hydrogen-bond acceptors (Lipinski definition) is 7. The highest BCUT2D eigenvalue weighted by Crippen LogP contribution is 2.24. The van der Waals surface area contributed by atoms with Crippen LogP contribution in [0, 0.1) is 5.82 Å². The van der Waals surface area contributed by atoms with Crippen molar-refractivity contribution in [3.63, 3.8) is 0 Å². The molecule has 0 radical (unpaired) electrons. The van der Waals surface area contributed by atoms with Crippen LogP contribution in [-0.2, 0) is 11.3 Å². The molecule has 9 heteroatoms. The van der Waals surface area contributed by atoms with Gasteiger partial charge in [-0.2, -0.15) is 4.37 Å². The third-order valence-corrected chi connectivity index (χ3v) is 3.52. The highest BCUT2D eigenvalue weighted by atomic mass is 32.1. The zero-order chi connectivity index (χ0) is 16.2. The molecule has 0 saturated heterocycles. The van der Waals surface area contributed by atoms with E-state index in [9.17, 15) is 9.18 Å². The van der Waals surface area contributed by atoms with Crippen LogP contribution < -0.4 is 5.32 Å². The third-order valence-electron chi connectivity index (χ3n) is 2.85. The number of benzene rings is 1. The smallest absolute Gasteiger partial charge is 0.280 e. The molecule has 3 rings (SSSR count). The molecule has 3 aromatic rings. The van der Waals surface area contributed by atoms with Gasteiger partial charge in [0.1, 0.15) is 12.4 Å². The summed E-state index contributed by atoms with van der Waals surface area (Å²) < 4.78 is 27.2. The van der Waals surface area contributed by atoms with E-state index >= 15 is 0 Å². The minimum Gasteiger partial charge on any atom is -0.443 e. The van der Waals surface area contributed by atoms with Crippen LogP contribution in [0.25, 0.3) is 11.3 Å². The number of ether oxygens (including phenoxy) is 1. The molecule has 0 bridgehead atoms. The van der Waals surface area contributed by atoms with Crippen LogP contribution in [0.1, 0.15) is 16.3 Å². The molecule has 0 aliphatic carbocycles. The minimum atomic E-state index is -0.488. The number of nitrogens with zero attached hydrogens (tertiary/aromatic N) is 3. The molecule has 2 aromatic heterocycles. The highest BCUT2D eigenvalue weighted by Gasteiger charge is 2.19. The van der Waals surface area contributed by atoms with Gasteiger partial charge < -0.3 is 9.15 Å². The van der Waals surface area contributed by atoms with Gasteiger partial charge >= 0.3 is 0 Å². The number of carbonyl (C=O) groups excluding carboxylic acids is 1. The summed E-state index contributed by atoms with van der Waals surface area (Å²) in [5.41, 5.74) is 0.631. The molecule has 2 heterocycles. The molecule has 0 aliphatic rings. The highest BCUT2D eigenvalue weighted by molar-refractivity contribution is 7.09. The second-order valence-electron chi connectivity index (χ2n) is 4.44. The van der Waals surface area contributed by atoms with Gasteiger partial charge in [-0.1, -0.05) is 0 Å². The van der Waals surface area contributed by atoms with E-state index in [1.165, 1.54) is 31.4 Å². The SMILES string of the molecule is COCc1nsc(NC(=O)c2ncoc2-c2ccc(F)cc2)n1. The Morgan fingerprint density at radius 3 is 2.91 bits per heavy atom. The van der Waals surface area contributed by atoms with Crippen molar-refractivity contribution in [2.45, 2.75) is 6.61 Å². The molecule has 0 saturated carbocycles. The maximum absolute atomic E-state index is 13.0. The molecule has 1 amide bonds. The number of amides is 1. The molecule has 23 heavy (non-hydrogen) atoms. The Morgan fingerprint density at radius 1 is 1.39 bits per heavy atom. The number of carbonyl (C=O) groups is 1. The zero-order valence-electron chi connectivity index (χ0n) is 11.9. The van der Waals surface area contributed by atoms with Crippen molar-refractivity contribution in [1.29, 1.82) is 0 Å². The molecule has 0 unspecified atom stereocenters. The fraction of sp³-hybridized carbons (Fsp3) is 0.143. The Kier molecular flexibility index (Phi) is 4.40. The van der Waals surface area contributed by atoms with Crippen LogP contribution in [0.3, 0.4) is 0 Å². The molecule has 1 aromatic carbocycles. The molecular formula is C14H11FN4O3S. The van der Waals surface area contributed by atoms with Gasteiger partial charge in [0, 0.05) is 24.2 Å². The monoisotopic (exact) mass is 334 g/mol. The number of halogens is 1. The summed E-state index contributed by atoms with van der Waals surface area (Å²) in [4.78, 5) is 20.3. The second kappa shape index (κ2) is 6.63. The number of anilines is 1. The number of aromatic nitrogens is 3. The van der Waals surface area contributed by atoms with E-state index < -0.39 is 5.91 Å². The largest absolute Gasteiger partial charge is 0.443 e. The van der Waals surface area contributed by atoms with Crippen molar-refractivity contribution in [3.8, 4) is 11.3 Å². The van der Waals surface area contributed by atoms with Crippen molar-refractivity contribution in [2.24, 2.45) is 0 Å². The molecule has 118 valence electrons. The lowest BCUT2D eigenvalue weighted by atomic mass is 10.1. The summed E-state index contributed by atoms with van der Waals surface area (Å²) in [6, 6.07) is 5.57. The van der Waals surface area contributed by atoms with Gasteiger partial charge in [0.25, 0.3) is 5.91 Å². The Balaban J connectivity index is 1.80. The predicted molar refractivity (Wildman–Crippen MR) is 80.5 cm³/mol. The van der Waals surface area contributed by atoms with Gasteiger partial charge in [0.15, 0.2) is 23.7 Å². The summed E-state index contributed by atoms with van der Waals surface area (Å²) in [5, 5.41) is 2.93. The van der Waals surface area contributed by atoms with Crippen LogP contribution in [0.4, 0.5) is 9.52 Å². The zero-order valence-corrected chi connectivity index (χ0v) is 12.8. The number of methoxy groups -OCH3 is 1. The quantitative estimate of drug-likeness (QED) is 0.771. The van der Waals surface area contributed by atoms with Crippen LogP contribution in [0.5, 0.6) is 0 Å². The van der Waals surface area contributed by atoms with Gasteiger partial charge in [-0.25, -0.2) is 14.4 Å². The number of oxazole rings is 1. The molecule has 0 fully saturated rings. The lowest BCUT2D eigenvalue weighted by molar-refractivity contribution is 0.102. The van der Waals surface area contributed by atoms with Crippen molar-refractivity contribution in [2.75, 3.05) is 12.4 Å². The van der Waals surface area contributed by atoms with Crippen LogP contribution in [0.2, 0.25) is 0 Å². The average molecular weight is 334 g/mol. The van der Waals surface area contributed by atoms with Crippen molar-refractivity contribution < 1.29 is 18.3 Å². The number of rotatable bonds is 5. The Morgan fingerprint density at radius 2 is 2.17 bits per heavy atom. The normalized spacial score (nSPS) is 10.7. The maximum Gasteiger partial charge on any atom is 0.280 e. The maximum atomic E-state index is 13.0. The van der Waals surface area contributed by atoms with Gasteiger partial charge in [-0.05, 0) is 24.3 Å². The molecule has 7 nitrogen and oxygen atoms in total. The summed E-state index contributed by atoms with van der Waals surface area (Å²) in [6.07, 6.45) is 1.16. The molecule has 0 atom stereocenters.